The molecule has 3 nitrogen and oxygen atoms in total. The summed E-state index contributed by atoms with van der Waals surface area (Å²) in [4.78, 5) is 11.9. The van der Waals surface area contributed by atoms with E-state index in [9.17, 15) is 9.90 Å². The van der Waals surface area contributed by atoms with Crippen molar-refractivity contribution in [3.63, 3.8) is 0 Å². The first-order valence-corrected chi connectivity index (χ1v) is 9.93. The number of hydrogen-bond acceptors (Lipinski definition) is 3. The van der Waals surface area contributed by atoms with Crippen molar-refractivity contribution >= 4 is 14.1 Å². The van der Waals surface area contributed by atoms with Crippen LogP contribution < -0.4 is 0 Å². The van der Waals surface area contributed by atoms with Crippen LogP contribution in [0.1, 0.15) is 38.9 Å². The Labute approximate surface area is 123 Å². The Hall–Kier alpha value is -0.973. The third kappa shape index (κ3) is 4.85. The van der Waals surface area contributed by atoms with Gasteiger partial charge in [-0.15, -0.1) is 0 Å². The van der Waals surface area contributed by atoms with E-state index in [-0.39, 0.29) is 23.8 Å². The zero-order valence-electron chi connectivity index (χ0n) is 13.1. The van der Waals surface area contributed by atoms with Gasteiger partial charge in [-0.25, -0.2) is 0 Å². The standard InChI is InChI=1S/C16H26O3Si/c1-16(2,3)20(4,5)19-12-14(17)11-15(18)13-9-7-6-8-10-13/h6-10,15,18H,11-12H2,1-5H3/t15-/m1/s1. The third-order valence-electron chi connectivity index (χ3n) is 4.01. The minimum atomic E-state index is -1.90. The first-order valence-electron chi connectivity index (χ1n) is 7.02. The zero-order chi connectivity index (χ0) is 15.4. The van der Waals surface area contributed by atoms with E-state index in [0.29, 0.717) is 0 Å². The first-order chi connectivity index (χ1) is 9.13. The Balaban J connectivity index is 2.49. The van der Waals surface area contributed by atoms with Gasteiger partial charge in [-0.2, -0.15) is 0 Å². The summed E-state index contributed by atoms with van der Waals surface area (Å²) >= 11 is 0. The van der Waals surface area contributed by atoms with Crippen LogP contribution in [0.4, 0.5) is 0 Å². The van der Waals surface area contributed by atoms with E-state index >= 15 is 0 Å². The van der Waals surface area contributed by atoms with Crippen molar-refractivity contribution in [2.45, 2.75) is 51.4 Å². The molecule has 1 aromatic carbocycles. The third-order valence-corrected chi connectivity index (χ3v) is 8.48. The van der Waals surface area contributed by atoms with Crippen molar-refractivity contribution in [3.05, 3.63) is 35.9 Å². The fourth-order valence-corrected chi connectivity index (χ4v) is 2.50. The highest BCUT2D eigenvalue weighted by atomic mass is 28.4. The van der Waals surface area contributed by atoms with Gasteiger partial charge in [0.05, 0.1) is 12.7 Å². The molecule has 0 spiro atoms. The average molecular weight is 294 g/mol. The number of carbonyl (C=O) groups excluding carboxylic acids is 1. The topological polar surface area (TPSA) is 46.5 Å². The predicted octanol–water partition coefficient (Wildman–Crippen LogP) is 3.70. The van der Waals surface area contributed by atoms with Gasteiger partial charge >= 0.3 is 0 Å². The molecule has 0 aromatic heterocycles. The Kier molecular flexibility index (Phi) is 5.68. The minimum absolute atomic E-state index is 0.0498. The van der Waals surface area contributed by atoms with E-state index < -0.39 is 14.4 Å². The van der Waals surface area contributed by atoms with Gasteiger partial charge in [0.1, 0.15) is 0 Å². The van der Waals surface area contributed by atoms with Crippen molar-refractivity contribution in [1.29, 1.82) is 0 Å². The summed E-state index contributed by atoms with van der Waals surface area (Å²) in [6.45, 7) is 10.8. The lowest BCUT2D eigenvalue weighted by Crippen LogP contribution is -2.42. The SMILES string of the molecule is CC(C)(C)[Si](C)(C)OCC(=O)C[C@@H](O)c1ccccc1. The van der Waals surface area contributed by atoms with Gasteiger partial charge in [0.15, 0.2) is 14.1 Å². The van der Waals surface area contributed by atoms with E-state index in [1.807, 2.05) is 30.3 Å². The van der Waals surface area contributed by atoms with E-state index in [0.717, 1.165) is 5.56 Å². The van der Waals surface area contributed by atoms with E-state index in [2.05, 4.69) is 33.9 Å². The first kappa shape index (κ1) is 17.1. The lowest BCUT2D eigenvalue weighted by molar-refractivity contribution is -0.123. The summed E-state index contributed by atoms with van der Waals surface area (Å²) in [5.41, 5.74) is 0.771. The van der Waals surface area contributed by atoms with Crippen molar-refractivity contribution in [2.24, 2.45) is 0 Å². The second-order valence-corrected chi connectivity index (χ2v) is 11.5. The quantitative estimate of drug-likeness (QED) is 0.814. The lowest BCUT2D eigenvalue weighted by Gasteiger charge is -2.35. The highest BCUT2D eigenvalue weighted by molar-refractivity contribution is 6.74. The second kappa shape index (κ2) is 6.65. The maximum Gasteiger partial charge on any atom is 0.192 e. The predicted molar refractivity (Wildman–Crippen MR) is 84.2 cm³/mol. The molecular weight excluding hydrogens is 268 g/mol. The molecule has 20 heavy (non-hydrogen) atoms. The molecule has 112 valence electrons. The minimum Gasteiger partial charge on any atom is -0.410 e. The summed E-state index contributed by atoms with van der Waals surface area (Å²) in [5, 5.41) is 10.1. The van der Waals surface area contributed by atoms with Crippen molar-refractivity contribution in [2.75, 3.05) is 6.61 Å². The molecule has 0 fully saturated rings. The fourth-order valence-electron chi connectivity index (χ4n) is 1.55. The molecule has 0 unspecified atom stereocenters. The van der Waals surface area contributed by atoms with Crippen LogP contribution in [0.15, 0.2) is 30.3 Å². The largest absolute Gasteiger partial charge is 0.410 e. The van der Waals surface area contributed by atoms with Crippen molar-refractivity contribution in [1.82, 2.24) is 0 Å². The fraction of sp³-hybridized carbons (Fsp3) is 0.562. The highest BCUT2D eigenvalue weighted by Gasteiger charge is 2.37. The number of hydrogen-bond donors (Lipinski definition) is 1. The van der Waals surface area contributed by atoms with Crippen LogP contribution in [0.5, 0.6) is 0 Å². The number of benzene rings is 1. The van der Waals surface area contributed by atoms with Gasteiger partial charge in [0.2, 0.25) is 0 Å². The maximum absolute atomic E-state index is 11.9. The van der Waals surface area contributed by atoms with Crippen LogP contribution in [-0.4, -0.2) is 25.8 Å². The van der Waals surface area contributed by atoms with Crippen LogP contribution in [0.25, 0.3) is 0 Å². The van der Waals surface area contributed by atoms with Crippen LogP contribution in [0.3, 0.4) is 0 Å². The number of aliphatic hydroxyl groups is 1. The summed E-state index contributed by atoms with van der Waals surface area (Å²) in [6.07, 6.45) is -0.634. The Morgan fingerprint density at radius 3 is 2.30 bits per heavy atom. The van der Waals surface area contributed by atoms with E-state index in [1.165, 1.54) is 0 Å². The van der Waals surface area contributed by atoms with Gasteiger partial charge in [-0.1, -0.05) is 51.1 Å². The van der Waals surface area contributed by atoms with E-state index in [1.54, 1.807) is 0 Å². The van der Waals surface area contributed by atoms with Gasteiger partial charge in [-0.3, -0.25) is 4.79 Å². The Morgan fingerprint density at radius 2 is 1.80 bits per heavy atom. The molecule has 0 aliphatic heterocycles. The number of aliphatic hydroxyl groups excluding tert-OH is 1. The molecule has 0 heterocycles. The van der Waals surface area contributed by atoms with Crippen molar-refractivity contribution < 1.29 is 14.3 Å². The Bertz CT molecular complexity index is 435. The molecule has 4 heteroatoms. The molecule has 0 aliphatic carbocycles. The molecule has 1 N–H and O–H groups in total. The van der Waals surface area contributed by atoms with Crippen LogP contribution in [0, 0.1) is 0 Å². The smallest absolute Gasteiger partial charge is 0.192 e. The van der Waals surface area contributed by atoms with Crippen LogP contribution in [0.2, 0.25) is 18.1 Å². The molecular formula is C16H26O3Si. The van der Waals surface area contributed by atoms with Crippen LogP contribution in [-0.2, 0) is 9.22 Å². The number of carbonyl (C=O) groups is 1. The van der Waals surface area contributed by atoms with E-state index in [4.69, 9.17) is 4.43 Å². The Morgan fingerprint density at radius 1 is 1.25 bits per heavy atom. The van der Waals surface area contributed by atoms with Crippen molar-refractivity contribution in [3.8, 4) is 0 Å². The molecule has 0 saturated carbocycles. The van der Waals surface area contributed by atoms with Gasteiger partial charge < -0.3 is 9.53 Å². The molecule has 0 saturated heterocycles. The maximum atomic E-state index is 11.9. The molecule has 0 amide bonds. The van der Waals surface area contributed by atoms with Gasteiger partial charge in [0, 0.05) is 6.42 Å². The highest BCUT2D eigenvalue weighted by Crippen LogP contribution is 2.36. The van der Waals surface area contributed by atoms with Gasteiger partial charge in [0.25, 0.3) is 0 Å². The molecule has 0 bridgehead atoms. The molecule has 1 atom stereocenters. The molecule has 0 aliphatic rings. The summed E-state index contributed by atoms with van der Waals surface area (Å²) in [7, 11) is -1.90. The van der Waals surface area contributed by atoms with Crippen LogP contribution >= 0.6 is 0 Å². The summed E-state index contributed by atoms with van der Waals surface area (Å²) in [5.74, 6) is -0.0498. The normalized spacial score (nSPS) is 14.1. The summed E-state index contributed by atoms with van der Waals surface area (Å²) in [6, 6.07) is 9.25. The number of Topliss-reactive ketones (excluding diaryl/α,β-unsaturated/α-hetero) is 1. The monoisotopic (exact) mass is 294 g/mol. The number of rotatable bonds is 6. The lowest BCUT2D eigenvalue weighted by atomic mass is 10.1. The summed E-state index contributed by atoms with van der Waals surface area (Å²) < 4.78 is 5.87. The number of ketones is 1. The molecule has 1 aromatic rings. The van der Waals surface area contributed by atoms with Gasteiger partial charge in [-0.05, 0) is 23.7 Å². The average Bonchev–Trinajstić information content (AvgIpc) is 2.36. The second-order valence-electron chi connectivity index (χ2n) is 6.72. The molecule has 1 rings (SSSR count). The zero-order valence-corrected chi connectivity index (χ0v) is 14.1. The molecule has 0 radical (unpaired) electrons.